The molecule has 0 spiro atoms. The van der Waals surface area contributed by atoms with Crippen LogP contribution in [0.1, 0.15) is 24.5 Å². The maximum Gasteiger partial charge on any atom is 0.401 e. The molecule has 2 N–H and O–H groups in total. The third-order valence-corrected chi connectivity index (χ3v) is 4.38. The molecule has 1 aliphatic rings. The summed E-state index contributed by atoms with van der Waals surface area (Å²) in [5, 5.41) is 6.33. The Hall–Kier alpha value is -1.14. The zero-order valence-corrected chi connectivity index (χ0v) is 19.4. The quantitative estimate of drug-likeness (QED) is 0.246. The number of alkyl halides is 3. The topological polar surface area (TPSA) is 42.9 Å². The van der Waals surface area contributed by atoms with Crippen molar-refractivity contribution in [2.75, 3.05) is 40.3 Å². The van der Waals surface area contributed by atoms with E-state index in [1.165, 1.54) is 11.0 Å². The highest BCUT2D eigenvalue weighted by atomic mass is 127. The molecule has 5 nitrogen and oxygen atoms in total. The van der Waals surface area contributed by atoms with Crippen molar-refractivity contribution in [3.8, 4) is 0 Å². The van der Waals surface area contributed by atoms with Crippen LogP contribution in [0.2, 0.25) is 0 Å². The Bertz CT molecular complexity index is 666. The van der Waals surface area contributed by atoms with Gasteiger partial charge in [-0.15, -0.1) is 24.0 Å². The summed E-state index contributed by atoms with van der Waals surface area (Å²) in [6, 6.07) is 4.85. The van der Waals surface area contributed by atoms with E-state index in [0.717, 1.165) is 5.56 Å². The molecule has 1 unspecified atom stereocenters. The van der Waals surface area contributed by atoms with Gasteiger partial charge in [-0.3, -0.25) is 4.90 Å². The van der Waals surface area contributed by atoms with Crippen LogP contribution in [0.15, 0.2) is 23.2 Å². The average molecular weight is 531 g/mol. The first-order valence-electron chi connectivity index (χ1n) is 9.42. The molecule has 2 rings (SSSR count). The number of benzene rings is 1. The Morgan fingerprint density at radius 1 is 1.31 bits per heavy atom. The minimum absolute atomic E-state index is 0. The molecular formula is C19H30F4IN5. The molecule has 0 amide bonds. The van der Waals surface area contributed by atoms with Crippen molar-refractivity contribution >= 4 is 29.9 Å². The van der Waals surface area contributed by atoms with E-state index in [0.29, 0.717) is 50.7 Å². The molecule has 0 aromatic heterocycles. The summed E-state index contributed by atoms with van der Waals surface area (Å²) in [6.07, 6.45) is -3.55. The van der Waals surface area contributed by atoms with E-state index in [2.05, 4.69) is 15.6 Å². The van der Waals surface area contributed by atoms with E-state index in [9.17, 15) is 17.6 Å². The SMILES string of the molecule is CCNC(=NCc1ccc(F)c(CN(C)C)c1)NC1CCN(CC(F)(F)F)C1.I. The number of hydrogen-bond donors (Lipinski definition) is 2. The van der Waals surface area contributed by atoms with Gasteiger partial charge in [0.2, 0.25) is 0 Å². The molecule has 1 aromatic rings. The van der Waals surface area contributed by atoms with Crippen molar-refractivity contribution in [1.82, 2.24) is 20.4 Å². The predicted octanol–water partition coefficient (Wildman–Crippen LogP) is 3.20. The molecule has 1 saturated heterocycles. The number of rotatable bonds is 7. The van der Waals surface area contributed by atoms with Gasteiger partial charge in [0, 0.05) is 37.8 Å². The summed E-state index contributed by atoms with van der Waals surface area (Å²) < 4.78 is 51.5. The lowest BCUT2D eigenvalue weighted by Crippen LogP contribution is -2.45. The smallest absolute Gasteiger partial charge is 0.357 e. The van der Waals surface area contributed by atoms with Crippen LogP contribution in [0, 0.1) is 5.82 Å². The van der Waals surface area contributed by atoms with E-state index in [1.807, 2.05) is 25.9 Å². The average Bonchev–Trinajstić information content (AvgIpc) is 3.00. The molecule has 10 heteroatoms. The molecular weight excluding hydrogens is 501 g/mol. The summed E-state index contributed by atoms with van der Waals surface area (Å²) in [5.41, 5.74) is 1.48. The molecule has 0 saturated carbocycles. The van der Waals surface area contributed by atoms with Crippen LogP contribution in [0.4, 0.5) is 17.6 Å². The van der Waals surface area contributed by atoms with E-state index in [4.69, 9.17) is 0 Å². The fraction of sp³-hybridized carbons (Fsp3) is 0.632. The van der Waals surface area contributed by atoms with Gasteiger partial charge in [-0.25, -0.2) is 9.38 Å². The summed E-state index contributed by atoms with van der Waals surface area (Å²) >= 11 is 0. The van der Waals surface area contributed by atoms with Crippen LogP contribution >= 0.6 is 24.0 Å². The largest absolute Gasteiger partial charge is 0.401 e. The van der Waals surface area contributed by atoms with Crippen LogP contribution in [0.5, 0.6) is 0 Å². The second kappa shape index (κ2) is 11.9. The third-order valence-electron chi connectivity index (χ3n) is 4.38. The zero-order chi connectivity index (χ0) is 20.7. The van der Waals surface area contributed by atoms with Crippen LogP contribution in [0.25, 0.3) is 0 Å². The molecule has 1 aliphatic heterocycles. The van der Waals surface area contributed by atoms with Gasteiger partial charge in [0.25, 0.3) is 0 Å². The molecule has 0 aliphatic carbocycles. The summed E-state index contributed by atoms with van der Waals surface area (Å²) in [5.74, 6) is 0.307. The fourth-order valence-corrected chi connectivity index (χ4v) is 3.22. The van der Waals surface area contributed by atoms with E-state index < -0.39 is 12.7 Å². The normalized spacial score (nSPS) is 18.1. The van der Waals surface area contributed by atoms with Gasteiger partial charge in [-0.2, -0.15) is 13.2 Å². The van der Waals surface area contributed by atoms with E-state index in [1.54, 1.807) is 12.1 Å². The minimum atomic E-state index is -4.18. The lowest BCUT2D eigenvalue weighted by atomic mass is 10.1. The highest BCUT2D eigenvalue weighted by molar-refractivity contribution is 14.0. The molecule has 0 bridgehead atoms. The van der Waals surface area contributed by atoms with Gasteiger partial charge in [0.1, 0.15) is 5.82 Å². The summed E-state index contributed by atoms with van der Waals surface area (Å²) in [7, 11) is 3.75. The zero-order valence-electron chi connectivity index (χ0n) is 17.0. The molecule has 1 heterocycles. The molecule has 1 aromatic carbocycles. The van der Waals surface area contributed by atoms with Crippen molar-refractivity contribution in [2.45, 2.75) is 38.7 Å². The van der Waals surface area contributed by atoms with Gasteiger partial charge in [-0.05, 0) is 45.1 Å². The Labute approximate surface area is 186 Å². The number of nitrogens with zero attached hydrogens (tertiary/aromatic N) is 3. The lowest BCUT2D eigenvalue weighted by Gasteiger charge is -2.19. The second-order valence-electron chi connectivity index (χ2n) is 7.34. The molecule has 29 heavy (non-hydrogen) atoms. The highest BCUT2D eigenvalue weighted by Crippen LogP contribution is 2.20. The van der Waals surface area contributed by atoms with Crippen LogP contribution in [0.3, 0.4) is 0 Å². The Morgan fingerprint density at radius 3 is 2.66 bits per heavy atom. The number of guanidine groups is 1. The van der Waals surface area contributed by atoms with E-state index in [-0.39, 0.29) is 35.8 Å². The number of likely N-dealkylation sites (tertiary alicyclic amines) is 1. The Kier molecular flexibility index (Phi) is 10.6. The van der Waals surface area contributed by atoms with Gasteiger partial charge in [0.05, 0.1) is 13.1 Å². The van der Waals surface area contributed by atoms with Crippen molar-refractivity contribution in [2.24, 2.45) is 4.99 Å². The molecule has 166 valence electrons. The minimum Gasteiger partial charge on any atom is -0.357 e. The maximum absolute atomic E-state index is 13.9. The number of hydrogen-bond acceptors (Lipinski definition) is 3. The standard InChI is InChI=1S/C19H29F4N5.HI/c1-4-24-18(26-16-7-8-28(12-16)13-19(21,22)23)25-10-14-5-6-17(20)15(9-14)11-27(2)3;/h5-6,9,16H,4,7-8,10-13H2,1-3H3,(H2,24,25,26);1H. The predicted molar refractivity (Wildman–Crippen MR) is 118 cm³/mol. The molecule has 1 atom stereocenters. The van der Waals surface area contributed by atoms with Gasteiger partial charge < -0.3 is 15.5 Å². The Balaban J connectivity index is 0.00000420. The van der Waals surface area contributed by atoms with Gasteiger partial charge >= 0.3 is 6.18 Å². The van der Waals surface area contributed by atoms with E-state index >= 15 is 0 Å². The van der Waals surface area contributed by atoms with Crippen molar-refractivity contribution in [1.29, 1.82) is 0 Å². The molecule has 0 radical (unpaired) electrons. The first kappa shape index (κ1) is 25.9. The van der Waals surface area contributed by atoms with Crippen LogP contribution in [-0.4, -0.2) is 68.3 Å². The first-order chi connectivity index (χ1) is 13.2. The van der Waals surface area contributed by atoms with Crippen molar-refractivity contribution < 1.29 is 17.6 Å². The highest BCUT2D eigenvalue weighted by Gasteiger charge is 2.34. The monoisotopic (exact) mass is 531 g/mol. The summed E-state index contributed by atoms with van der Waals surface area (Å²) in [4.78, 5) is 7.80. The lowest BCUT2D eigenvalue weighted by molar-refractivity contribution is -0.143. The fourth-order valence-electron chi connectivity index (χ4n) is 3.22. The molecule has 1 fully saturated rings. The maximum atomic E-state index is 13.9. The second-order valence-corrected chi connectivity index (χ2v) is 7.34. The number of halogens is 5. The van der Waals surface area contributed by atoms with Gasteiger partial charge in [0.15, 0.2) is 5.96 Å². The number of nitrogens with one attached hydrogen (secondary N) is 2. The first-order valence-corrected chi connectivity index (χ1v) is 9.42. The van der Waals surface area contributed by atoms with Gasteiger partial charge in [-0.1, -0.05) is 6.07 Å². The third kappa shape index (κ3) is 9.47. The summed E-state index contributed by atoms with van der Waals surface area (Å²) in [6.45, 7) is 3.27. The van der Waals surface area contributed by atoms with Crippen molar-refractivity contribution in [3.63, 3.8) is 0 Å². The van der Waals surface area contributed by atoms with Crippen LogP contribution < -0.4 is 10.6 Å². The Morgan fingerprint density at radius 2 is 2.03 bits per heavy atom. The van der Waals surface area contributed by atoms with Crippen LogP contribution in [-0.2, 0) is 13.1 Å². The number of aliphatic imine (C=N–C) groups is 1. The van der Waals surface area contributed by atoms with Crippen molar-refractivity contribution in [3.05, 3.63) is 35.1 Å².